The van der Waals surface area contributed by atoms with Crippen molar-refractivity contribution in [1.29, 1.82) is 0 Å². The second-order valence-electron chi connectivity index (χ2n) is 9.17. The summed E-state index contributed by atoms with van der Waals surface area (Å²) in [5.74, 6) is 0.791. The smallest absolute Gasteiger partial charge is 0.495 e. The van der Waals surface area contributed by atoms with E-state index in [1.807, 2.05) is 45.9 Å². The van der Waals surface area contributed by atoms with Crippen LogP contribution in [0.25, 0.3) is 0 Å². The molecule has 0 atom stereocenters. The Labute approximate surface area is 153 Å². The van der Waals surface area contributed by atoms with Crippen molar-refractivity contribution in [1.82, 2.24) is 0 Å². The van der Waals surface area contributed by atoms with Gasteiger partial charge in [0.2, 0.25) is 8.32 Å². The molecule has 3 nitrogen and oxygen atoms in total. The van der Waals surface area contributed by atoms with Gasteiger partial charge in [-0.25, -0.2) is 0 Å². The van der Waals surface area contributed by atoms with Crippen molar-refractivity contribution < 1.29 is 13.7 Å². The molecule has 0 aromatic heterocycles. The minimum Gasteiger partial charge on any atom is -0.543 e. The van der Waals surface area contributed by atoms with Gasteiger partial charge in [0.05, 0.1) is 11.2 Å². The monoisotopic (exact) mass is 368 g/mol. The van der Waals surface area contributed by atoms with Crippen LogP contribution in [0.4, 0.5) is 0 Å². The van der Waals surface area contributed by atoms with Gasteiger partial charge < -0.3 is 13.7 Å². The maximum Gasteiger partial charge on any atom is 0.495 e. The Morgan fingerprint density at radius 1 is 1.00 bits per heavy atom. The lowest BCUT2D eigenvalue weighted by molar-refractivity contribution is 0.00578. The fraction of sp³-hybridized carbons (Fsp3) is 0.667. The first-order chi connectivity index (χ1) is 10.6. The standard InChI is InChI=1S/C18H30BClO3Si/c1-16(2,3)24(8,9)21-15-11-13(10-14(20)12-15)19-22-17(4,5)18(6,7)23-19/h10-12H,1-9H3. The molecule has 2 rings (SSSR count). The Morgan fingerprint density at radius 2 is 1.50 bits per heavy atom. The van der Waals surface area contributed by atoms with Crippen LogP contribution in [0, 0.1) is 0 Å². The molecule has 0 saturated carbocycles. The van der Waals surface area contributed by atoms with Crippen molar-refractivity contribution in [3.8, 4) is 5.75 Å². The van der Waals surface area contributed by atoms with E-state index in [1.165, 1.54) is 0 Å². The van der Waals surface area contributed by atoms with Crippen LogP contribution in [0.3, 0.4) is 0 Å². The zero-order chi connectivity index (χ0) is 18.6. The molecule has 1 fully saturated rings. The molecule has 0 amide bonds. The van der Waals surface area contributed by atoms with E-state index in [1.54, 1.807) is 0 Å². The molecule has 24 heavy (non-hydrogen) atoms. The van der Waals surface area contributed by atoms with E-state index in [4.69, 9.17) is 25.3 Å². The molecular weight excluding hydrogens is 339 g/mol. The van der Waals surface area contributed by atoms with Crippen LogP contribution in [0.15, 0.2) is 18.2 Å². The third-order valence-corrected chi connectivity index (χ3v) is 10.2. The van der Waals surface area contributed by atoms with Gasteiger partial charge in [-0.1, -0.05) is 32.4 Å². The lowest BCUT2D eigenvalue weighted by Gasteiger charge is -2.36. The van der Waals surface area contributed by atoms with Gasteiger partial charge >= 0.3 is 7.12 Å². The topological polar surface area (TPSA) is 27.7 Å². The SMILES string of the molecule is CC1(C)OB(c2cc(Cl)cc(O[Si](C)(C)C(C)(C)C)c2)OC1(C)C. The van der Waals surface area contributed by atoms with Crippen LogP contribution >= 0.6 is 11.6 Å². The zero-order valence-electron chi connectivity index (χ0n) is 16.4. The summed E-state index contributed by atoms with van der Waals surface area (Å²) in [6.45, 7) is 19.3. The summed E-state index contributed by atoms with van der Waals surface area (Å²) in [6.07, 6.45) is 0. The molecule has 0 radical (unpaired) electrons. The fourth-order valence-corrected chi connectivity index (χ4v) is 3.45. The van der Waals surface area contributed by atoms with E-state index >= 15 is 0 Å². The summed E-state index contributed by atoms with van der Waals surface area (Å²) in [6, 6.07) is 5.76. The molecule has 134 valence electrons. The maximum absolute atomic E-state index is 6.39. The average molecular weight is 369 g/mol. The van der Waals surface area contributed by atoms with Gasteiger partial charge in [0.15, 0.2) is 0 Å². The number of hydrogen-bond acceptors (Lipinski definition) is 3. The summed E-state index contributed by atoms with van der Waals surface area (Å²) in [5.41, 5.74) is 0.149. The van der Waals surface area contributed by atoms with Crippen LogP contribution in [-0.4, -0.2) is 26.6 Å². The molecule has 1 heterocycles. The Balaban J connectivity index is 2.31. The highest BCUT2D eigenvalue weighted by Crippen LogP contribution is 2.39. The van der Waals surface area contributed by atoms with E-state index in [-0.39, 0.29) is 16.2 Å². The summed E-state index contributed by atoms with van der Waals surface area (Å²) in [7, 11) is -2.36. The van der Waals surface area contributed by atoms with Gasteiger partial charge in [-0.2, -0.15) is 0 Å². The molecule has 1 aliphatic heterocycles. The van der Waals surface area contributed by atoms with Gasteiger partial charge in [0, 0.05) is 5.02 Å². The quantitative estimate of drug-likeness (QED) is 0.701. The van der Waals surface area contributed by atoms with Crippen molar-refractivity contribution in [2.45, 2.75) is 77.8 Å². The van der Waals surface area contributed by atoms with Crippen LogP contribution in [-0.2, 0) is 9.31 Å². The Hall–Kier alpha value is -0.488. The highest BCUT2D eigenvalue weighted by atomic mass is 35.5. The second kappa shape index (κ2) is 6.05. The number of benzene rings is 1. The molecular formula is C18H30BClO3Si. The van der Waals surface area contributed by atoms with E-state index in [2.05, 4.69) is 33.9 Å². The van der Waals surface area contributed by atoms with Gasteiger partial charge in [0.25, 0.3) is 0 Å². The first-order valence-corrected chi connectivity index (χ1v) is 11.8. The summed E-state index contributed by atoms with van der Waals surface area (Å²) in [5, 5.41) is 0.760. The summed E-state index contributed by atoms with van der Waals surface area (Å²) in [4.78, 5) is 0. The first kappa shape index (κ1) is 19.8. The third kappa shape index (κ3) is 3.85. The molecule has 1 aromatic carbocycles. The van der Waals surface area contributed by atoms with Crippen LogP contribution in [0.5, 0.6) is 5.75 Å². The molecule has 1 saturated heterocycles. The molecule has 6 heteroatoms. The minimum atomic E-state index is -1.93. The normalized spacial score (nSPS) is 20.3. The van der Waals surface area contributed by atoms with Crippen molar-refractivity contribution >= 4 is 32.5 Å². The lowest BCUT2D eigenvalue weighted by atomic mass is 9.79. The first-order valence-electron chi connectivity index (χ1n) is 8.50. The summed E-state index contributed by atoms with van der Waals surface area (Å²) >= 11 is 6.34. The number of rotatable bonds is 3. The van der Waals surface area contributed by atoms with Gasteiger partial charge in [0.1, 0.15) is 5.75 Å². The van der Waals surface area contributed by atoms with Crippen molar-refractivity contribution in [2.24, 2.45) is 0 Å². The lowest BCUT2D eigenvalue weighted by Crippen LogP contribution is -2.44. The molecule has 0 aliphatic carbocycles. The van der Waals surface area contributed by atoms with Gasteiger partial charge in [-0.3, -0.25) is 0 Å². The predicted molar refractivity (Wildman–Crippen MR) is 105 cm³/mol. The van der Waals surface area contributed by atoms with E-state index in [9.17, 15) is 0 Å². The Kier molecular flexibility index (Phi) is 5.00. The fourth-order valence-electron chi connectivity index (χ4n) is 2.21. The largest absolute Gasteiger partial charge is 0.543 e. The van der Waals surface area contributed by atoms with Crippen molar-refractivity contribution in [3.05, 3.63) is 23.2 Å². The Bertz CT molecular complexity index is 607. The van der Waals surface area contributed by atoms with Crippen LogP contribution in [0.2, 0.25) is 23.2 Å². The molecule has 0 N–H and O–H groups in total. The Morgan fingerprint density at radius 3 is 1.96 bits per heavy atom. The molecule has 0 spiro atoms. The highest BCUT2D eigenvalue weighted by molar-refractivity contribution is 6.74. The van der Waals surface area contributed by atoms with Crippen molar-refractivity contribution in [2.75, 3.05) is 0 Å². The molecule has 0 bridgehead atoms. The van der Waals surface area contributed by atoms with Crippen molar-refractivity contribution in [3.63, 3.8) is 0 Å². The maximum atomic E-state index is 6.39. The highest BCUT2D eigenvalue weighted by Gasteiger charge is 2.52. The molecule has 0 unspecified atom stereocenters. The predicted octanol–water partition coefficient (Wildman–Crippen LogP) is 5.02. The van der Waals surface area contributed by atoms with E-state index in [0.29, 0.717) is 5.02 Å². The van der Waals surface area contributed by atoms with Gasteiger partial charge in [-0.15, -0.1) is 0 Å². The van der Waals surface area contributed by atoms with Crippen LogP contribution < -0.4 is 9.89 Å². The summed E-state index contributed by atoms with van der Waals surface area (Å²) < 4.78 is 18.7. The zero-order valence-corrected chi connectivity index (χ0v) is 18.2. The second-order valence-corrected chi connectivity index (χ2v) is 14.3. The van der Waals surface area contributed by atoms with E-state index in [0.717, 1.165) is 11.2 Å². The van der Waals surface area contributed by atoms with Crippen LogP contribution in [0.1, 0.15) is 48.5 Å². The van der Waals surface area contributed by atoms with E-state index < -0.39 is 15.4 Å². The number of halogens is 1. The molecule has 1 aliphatic rings. The third-order valence-electron chi connectivity index (χ3n) is 5.60. The average Bonchev–Trinajstić information content (AvgIpc) is 2.55. The number of hydrogen-bond donors (Lipinski definition) is 0. The minimum absolute atomic E-state index is 0.125. The molecule has 1 aromatic rings. The van der Waals surface area contributed by atoms with Gasteiger partial charge in [-0.05, 0) is 69.5 Å².